The van der Waals surface area contributed by atoms with Gasteiger partial charge in [-0.2, -0.15) is 8.61 Å². The number of hydrogen-bond acceptors (Lipinski definition) is 8. The van der Waals surface area contributed by atoms with Gasteiger partial charge >= 0.3 is 0 Å². The van der Waals surface area contributed by atoms with Crippen molar-refractivity contribution in [1.29, 1.82) is 0 Å². The first-order valence-electron chi connectivity index (χ1n) is 13.9. The molecule has 1 aromatic heterocycles. The van der Waals surface area contributed by atoms with Gasteiger partial charge in [0, 0.05) is 49.9 Å². The lowest BCUT2D eigenvalue weighted by Crippen LogP contribution is -2.50. The average molecular weight is 553 g/mol. The Kier molecular flexibility index (Phi) is 5.81. The van der Waals surface area contributed by atoms with E-state index in [-0.39, 0.29) is 46.9 Å². The van der Waals surface area contributed by atoms with Gasteiger partial charge in [0.25, 0.3) is 0 Å². The van der Waals surface area contributed by atoms with Crippen molar-refractivity contribution in [2.75, 3.05) is 0 Å². The Balaban J connectivity index is 1.01. The van der Waals surface area contributed by atoms with Gasteiger partial charge in [-0.15, -0.1) is 0 Å². The number of hydrogen-bond donors (Lipinski definition) is 0. The molecular formula is C25H36N4O6S2. The summed E-state index contributed by atoms with van der Waals surface area (Å²) in [4.78, 5) is 8.77. The number of nitrogens with zero attached hydrogens (tertiary/aromatic N) is 4. The molecule has 0 spiro atoms. The molecule has 10 nitrogen and oxygen atoms in total. The smallest absolute Gasteiger partial charge is 0.223 e. The standard InChI is InChI=1S/C25H36N4O6S2/c1-15-24(34-20-10-16-2-3-17(11-20)28(16)36(30,31)22-6-7-22)26-14-27-25(15)35-21-12-18-4-5-19(13-21)29(18)37(32,33)23-8-9-23/h14,16-23H,2-13H2,1H3/t16-,17+,18?,19?,20?,21?. The fraction of sp³-hybridized carbons (Fsp3) is 0.840. The summed E-state index contributed by atoms with van der Waals surface area (Å²) < 4.78 is 68.0. The maximum atomic E-state index is 12.9. The first-order chi connectivity index (χ1) is 17.7. The highest BCUT2D eigenvalue weighted by Gasteiger charge is 2.53. The zero-order chi connectivity index (χ0) is 25.5. The lowest BCUT2D eigenvalue weighted by molar-refractivity contribution is 0.0834. The summed E-state index contributed by atoms with van der Waals surface area (Å²) in [5.74, 6) is 0.981. The van der Waals surface area contributed by atoms with Crippen LogP contribution >= 0.6 is 0 Å². The predicted octanol–water partition coefficient (Wildman–Crippen LogP) is 2.52. The quantitative estimate of drug-likeness (QED) is 0.483. The molecule has 12 heteroatoms. The van der Waals surface area contributed by atoms with Crippen molar-refractivity contribution in [2.45, 2.75) is 131 Å². The molecule has 0 N–H and O–H groups in total. The molecule has 3 unspecified atom stereocenters. The van der Waals surface area contributed by atoms with Gasteiger partial charge in [-0.1, -0.05) is 0 Å². The Labute approximate surface area is 219 Å². The molecule has 37 heavy (non-hydrogen) atoms. The van der Waals surface area contributed by atoms with E-state index < -0.39 is 20.0 Å². The zero-order valence-corrected chi connectivity index (χ0v) is 22.9. The van der Waals surface area contributed by atoms with Gasteiger partial charge in [-0.25, -0.2) is 26.8 Å². The fourth-order valence-electron chi connectivity index (χ4n) is 7.24. The SMILES string of the molecule is Cc1c(OC2CC3CCC(C2)N3S(=O)(=O)C2CC2)ncnc1OC1C[C@H]2CC[C@@H](C1)N2S(=O)(=O)C1CC1. The van der Waals surface area contributed by atoms with Gasteiger partial charge in [0.1, 0.15) is 18.5 Å². The maximum absolute atomic E-state index is 12.9. The van der Waals surface area contributed by atoms with Crippen LogP contribution in [0.15, 0.2) is 6.33 Å². The monoisotopic (exact) mass is 552 g/mol. The molecule has 4 saturated heterocycles. The van der Waals surface area contributed by atoms with Gasteiger partial charge in [0.2, 0.25) is 31.8 Å². The highest BCUT2D eigenvalue weighted by Crippen LogP contribution is 2.45. The maximum Gasteiger partial charge on any atom is 0.223 e. The molecular weight excluding hydrogens is 516 g/mol. The fourth-order valence-corrected chi connectivity index (χ4v) is 11.8. The third kappa shape index (κ3) is 4.26. The first-order valence-corrected chi connectivity index (χ1v) is 16.9. The van der Waals surface area contributed by atoms with Crippen LogP contribution in [0, 0.1) is 6.92 Å². The Morgan fingerprint density at radius 2 is 1.00 bits per heavy atom. The number of ether oxygens (including phenoxy) is 2. The second-order valence-electron chi connectivity index (χ2n) is 11.9. The lowest BCUT2D eigenvalue weighted by Gasteiger charge is -2.38. The molecule has 6 fully saturated rings. The molecule has 5 heterocycles. The van der Waals surface area contributed by atoms with E-state index in [2.05, 4.69) is 9.97 Å². The van der Waals surface area contributed by atoms with Crippen LogP contribution in [0.2, 0.25) is 0 Å². The number of sulfonamides is 2. The van der Waals surface area contributed by atoms with Crippen LogP contribution in [-0.2, 0) is 20.0 Å². The van der Waals surface area contributed by atoms with Gasteiger partial charge in [-0.05, 0) is 58.3 Å². The third-order valence-electron chi connectivity index (χ3n) is 9.27. The highest BCUT2D eigenvalue weighted by molar-refractivity contribution is 7.90. The molecule has 2 saturated carbocycles. The van der Waals surface area contributed by atoms with Gasteiger partial charge in [-0.3, -0.25) is 0 Å². The van der Waals surface area contributed by atoms with E-state index in [9.17, 15) is 16.8 Å². The summed E-state index contributed by atoms with van der Waals surface area (Å²) in [7, 11) is -6.36. The molecule has 4 aliphatic heterocycles. The molecule has 1 aromatic rings. The van der Waals surface area contributed by atoms with Gasteiger partial charge in [0.15, 0.2) is 0 Å². The van der Waals surface area contributed by atoms with Crippen molar-refractivity contribution in [1.82, 2.24) is 18.6 Å². The normalized spacial score (nSPS) is 36.6. The summed E-state index contributed by atoms with van der Waals surface area (Å²) in [6.45, 7) is 1.90. The van der Waals surface area contributed by atoms with Crippen molar-refractivity contribution in [3.63, 3.8) is 0 Å². The van der Waals surface area contributed by atoms with Crippen LogP contribution < -0.4 is 9.47 Å². The molecule has 0 aromatic carbocycles. The van der Waals surface area contributed by atoms with E-state index in [4.69, 9.17) is 9.47 Å². The summed E-state index contributed by atoms with van der Waals surface area (Å²) in [5.41, 5.74) is 0.739. The lowest BCUT2D eigenvalue weighted by atomic mass is 10.0. The van der Waals surface area contributed by atoms with E-state index in [1.807, 2.05) is 6.92 Å². The van der Waals surface area contributed by atoms with E-state index >= 15 is 0 Å². The number of fused-ring (bicyclic) bond motifs is 4. The van der Waals surface area contributed by atoms with Gasteiger partial charge < -0.3 is 9.47 Å². The summed E-state index contributed by atoms with van der Waals surface area (Å²) in [6.07, 6.45) is 10.7. The van der Waals surface area contributed by atoms with Crippen LogP contribution in [0.4, 0.5) is 0 Å². The predicted molar refractivity (Wildman–Crippen MR) is 135 cm³/mol. The Hall–Kier alpha value is -1.50. The van der Waals surface area contributed by atoms with Crippen molar-refractivity contribution in [2.24, 2.45) is 0 Å². The molecule has 5 atom stereocenters. The zero-order valence-electron chi connectivity index (χ0n) is 21.2. The van der Waals surface area contributed by atoms with Crippen molar-refractivity contribution in [3.05, 3.63) is 11.9 Å². The number of piperidine rings is 2. The van der Waals surface area contributed by atoms with E-state index in [1.165, 1.54) is 6.33 Å². The summed E-state index contributed by atoms with van der Waals surface area (Å²) >= 11 is 0. The molecule has 7 rings (SSSR count). The first kappa shape index (κ1) is 24.5. The molecule has 204 valence electrons. The topological polar surface area (TPSA) is 119 Å². The van der Waals surface area contributed by atoms with Crippen molar-refractivity contribution >= 4 is 20.0 Å². The summed E-state index contributed by atoms with van der Waals surface area (Å²) in [5, 5.41) is -0.347. The molecule has 2 aliphatic carbocycles. The molecule has 0 amide bonds. The Bertz CT molecular complexity index is 1160. The Morgan fingerprint density at radius 3 is 1.32 bits per heavy atom. The molecule has 0 radical (unpaired) electrons. The van der Waals surface area contributed by atoms with Crippen LogP contribution in [0.5, 0.6) is 11.8 Å². The van der Waals surface area contributed by atoms with E-state index in [0.717, 1.165) is 56.9 Å². The van der Waals surface area contributed by atoms with Crippen molar-refractivity contribution in [3.8, 4) is 11.8 Å². The second-order valence-corrected chi connectivity index (χ2v) is 16.2. The second kappa shape index (κ2) is 8.76. The van der Waals surface area contributed by atoms with Crippen LogP contribution in [0.25, 0.3) is 0 Å². The number of aromatic nitrogens is 2. The summed E-state index contributed by atoms with van der Waals surface area (Å²) in [6, 6.07) is 0.0548. The van der Waals surface area contributed by atoms with Gasteiger partial charge in [0.05, 0.1) is 16.1 Å². The van der Waals surface area contributed by atoms with E-state index in [1.54, 1.807) is 8.61 Å². The molecule has 4 bridgehead atoms. The van der Waals surface area contributed by atoms with Crippen LogP contribution in [0.1, 0.15) is 82.6 Å². The Morgan fingerprint density at radius 1 is 0.649 bits per heavy atom. The minimum Gasteiger partial charge on any atom is -0.474 e. The highest BCUT2D eigenvalue weighted by atomic mass is 32.2. The van der Waals surface area contributed by atoms with Crippen molar-refractivity contribution < 1.29 is 26.3 Å². The van der Waals surface area contributed by atoms with Crippen LogP contribution in [0.3, 0.4) is 0 Å². The van der Waals surface area contributed by atoms with E-state index in [0.29, 0.717) is 37.4 Å². The van der Waals surface area contributed by atoms with Crippen LogP contribution in [-0.4, -0.2) is 82.3 Å². The third-order valence-corrected chi connectivity index (χ3v) is 14.3. The molecule has 6 aliphatic rings. The minimum absolute atomic E-state index is 0.0137. The minimum atomic E-state index is -3.18. The number of rotatable bonds is 8. The average Bonchev–Trinajstić information content (AvgIpc) is 3.76. The largest absolute Gasteiger partial charge is 0.474 e.